The van der Waals surface area contributed by atoms with Crippen molar-refractivity contribution in [3.8, 4) is 11.4 Å². The average molecular weight is 348 g/mol. The fraction of sp³-hybridized carbons (Fsp3) is 0.412. The Morgan fingerprint density at radius 1 is 1.05 bits per heavy atom. The third-order valence-electron chi connectivity index (χ3n) is 3.29. The van der Waals surface area contributed by atoms with Gasteiger partial charge < -0.3 is 5.32 Å². The normalized spacial score (nSPS) is 11.2. The summed E-state index contributed by atoms with van der Waals surface area (Å²) in [7, 11) is 0. The van der Waals surface area contributed by atoms with Crippen molar-refractivity contribution in [2.24, 2.45) is 0 Å². The van der Waals surface area contributed by atoms with Crippen LogP contribution >= 0.6 is 15.9 Å². The number of halogens is 1. The van der Waals surface area contributed by atoms with Crippen molar-refractivity contribution in [3.63, 3.8) is 0 Å². The summed E-state index contributed by atoms with van der Waals surface area (Å²) in [4.78, 5) is 9.29. The zero-order valence-electron chi connectivity index (χ0n) is 13.3. The molecule has 0 aliphatic heterocycles. The number of nitrogens with one attached hydrogen (secondary N) is 1. The van der Waals surface area contributed by atoms with Gasteiger partial charge in [-0.3, -0.25) is 0 Å². The molecule has 0 unspecified atom stereocenters. The lowest BCUT2D eigenvalue weighted by Crippen LogP contribution is -2.22. The minimum absolute atomic E-state index is 0.445. The molecule has 0 saturated heterocycles. The van der Waals surface area contributed by atoms with Crippen molar-refractivity contribution >= 4 is 15.9 Å². The number of benzene rings is 1. The molecule has 0 aliphatic rings. The van der Waals surface area contributed by atoms with Gasteiger partial charge in [-0.2, -0.15) is 0 Å². The van der Waals surface area contributed by atoms with Gasteiger partial charge in [0.2, 0.25) is 0 Å². The van der Waals surface area contributed by atoms with Crippen LogP contribution in [0.2, 0.25) is 0 Å². The van der Waals surface area contributed by atoms with Crippen molar-refractivity contribution in [2.45, 2.75) is 47.2 Å². The summed E-state index contributed by atoms with van der Waals surface area (Å²) in [5.41, 5.74) is 5.51. The number of nitrogens with zero attached hydrogens (tertiary/aromatic N) is 2. The van der Waals surface area contributed by atoms with Crippen LogP contribution in [0.1, 0.15) is 36.4 Å². The maximum absolute atomic E-state index is 4.70. The Morgan fingerprint density at radius 2 is 1.67 bits per heavy atom. The van der Waals surface area contributed by atoms with Crippen LogP contribution in [-0.2, 0) is 6.54 Å². The van der Waals surface area contributed by atoms with Crippen LogP contribution in [0.5, 0.6) is 0 Å². The zero-order chi connectivity index (χ0) is 15.6. The highest BCUT2D eigenvalue weighted by atomic mass is 79.9. The summed E-state index contributed by atoms with van der Waals surface area (Å²) in [6.07, 6.45) is 0. The molecule has 4 heteroatoms. The molecule has 1 aromatic heterocycles. The van der Waals surface area contributed by atoms with E-state index in [9.17, 15) is 0 Å². The first-order valence-corrected chi connectivity index (χ1v) is 8.01. The SMILES string of the molecule is Cc1cc(CNC(C)C)nc(-c2cc(C)c(Br)c(C)c2)n1. The monoisotopic (exact) mass is 347 g/mol. The van der Waals surface area contributed by atoms with E-state index in [-0.39, 0.29) is 0 Å². The lowest BCUT2D eigenvalue weighted by atomic mass is 10.1. The van der Waals surface area contributed by atoms with Gasteiger partial charge in [0.05, 0.1) is 5.69 Å². The van der Waals surface area contributed by atoms with Gasteiger partial charge in [-0.1, -0.05) is 29.8 Å². The Labute approximate surface area is 135 Å². The van der Waals surface area contributed by atoms with Crippen LogP contribution in [0.4, 0.5) is 0 Å². The molecule has 0 bridgehead atoms. The Morgan fingerprint density at radius 3 is 2.24 bits per heavy atom. The molecule has 0 saturated carbocycles. The van der Waals surface area contributed by atoms with Gasteiger partial charge in [-0.15, -0.1) is 0 Å². The van der Waals surface area contributed by atoms with E-state index in [2.05, 4.69) is 66.1 Å². The van der Waals surface area contributed by atoms with Gasteiger partial charge in [0.15, 0.2) is 5.82 Å². The number of rotatable bonds is 4. The van der Waals surface area contributed by atoms with E-state index in [1.54, 1.807) is 0 Å². The molecule has 2 aromatic rings. The fourth-order valence-electron chi connectivity index (χ4n) is 2.24. The third-order valence-corrected chi connectivity index (χ3v) is 4.54. The van der Waals surface area contributed by atoms with Gasteiger partial charge in [-0.25, -0.2) is 9.97 Å². The predicted octanol–water partition coefficient (Wildman–Crippen LogP) is 4.33. The first-order chi connectivity index (χ1) is 9.86. The predicted molar refractivity (Wildman–Crippen MR) is 91.4 cm³/mol. The molecule has 1 N–H and O–H groups in total. The number of aromatic nitrogens is 2. The second-order valence-corrected chi connectivity index (χ2v) is 6.58. The van der Waals surface area contributed by atoms with Crippen LogP contribution in [0, 0.1) is 20.8 Å². The minimum atomic E-state index is 0.445. The van der Waals surface area contributed by atoms with Crippen molar-refractivity contribution in [2.75, 3.05) is 0 Å². The molecule has 3 nitrogen and oxygen atoms in total. The van der Waals surface area contributed by atoms with Crippen LogP contribution in [-0.4, -0.2) is 16.0 Å². The number of aryl methyl sites for hydroxylation is 3. The van der Waals surface area contributed by atoms with E-state index >= 15 is 0 Å². The average Bonchev–Trinajstić information content (AvgIpc) is 2.41. The molecule has 112 valence electrons. The van der Waals surface area contributed by atoms with E-state index in [0.717, 1.165) is 33.8 Å². The van der Waals surface area contributed by atoms with Crippen LogP contribution in [0.25, 0.3) is 11.4 Å². The molecule has 0 fully saturated rings. The molecule has 0 spiro atoms. The molecule has 2 rings (SSSR count). The summed E-state index contributed by atoms with van der Waals surface area (Å²) in [5, 5.41) is 3.40. The zero-order valence-corrected chi connectivity index (χ0v) is 14.9. The molecule has 0 radical (unpaired) electrons. The summed E-state index contributed by atoms with van der Waals surface area (Å²) in [5.74, 6) is 0.800. The summed E-state index contributed by atoms with van der Waals surface area (Å²) in [6.45, 7) is 11.2. The fourth-order valence-corrected chi connectivity index (χ4v) is 2.47. The molecule has 0 aliphatic carbocycles. The van der Waals surface area contributed by atoms with Crippen LogP contribution < -0.4 is 5.32 Å². The summed E-state index contributed by atoms with van der Waals surface area (Å²) in [6, 6.07) is 6.75. The van der Waals surface area contributed by atoms with Gasteiger partial charge in [-0.05, 0) is 50.1 Å². The quantitative estimate of drug-likeness (QED) is 0.894. The van der Waals surface area contributed by atoms with Gasteiger partial charge >= 0.3 is 0 Å². The van der Waals surface area contributed by atoms with E-state index in [4.69, 9.17) is 4.98 Å². The van der Waals surface area contributed by atoms with Crippen molar-refractivity contribution < 1.29 is 0 Å². The minimum Gasteiger partial charge on any atom is -0.309 e. The van der Waals surface area contributed by atoms with Crippen molar-refractivity contribution in [3.05, 3.63) is 45.2 Å². The lowest BCUT2D eigenvalue weighted by Gasteiger charge is -2.11. The number of hydrogen-bond donors (Lipinski definition) is 1. The Kier molecular flexibility index (Phi) is 5.12. The van der Waals surface area contributed by atoms with Crippen molar-refractivity contribution in [1.82, 2.24) is 15.3 Å². The van der Waals surface area contributed by atoms with Crippen molar-refractivity contribution in [1.29, 1.82) is 0 Å². The topological polar surface area (TPSA) is 37.8 Å². The van der Waals surface area contributed by atoms with Gasteiger partial charge in [0.1, 0.15) is 0 Å². The molecule has 21 heavy (non-hydrogen) atoms. The Hall–Kier alpha value is -1.26. The molecule has 1 aromatic carbocycles. The molecular formula is C17H22BrN3. The second-order valence-electron chi connectivity index (χ2n) is 5.78. The molecule has 0 atom stereocenters. The number of hydrogen-bond acceptors (Lipinski definition) is 3. The van der Waals surface area contributed by atoms with E-state index < -0.39 is 0 Å². The lowest BCUT2D eigenvalue weighted by molar-refractivity contribution is 0.580. The first-order valence-electron chi connectivity index (χ1n) is 7.22. The maximum atomic E-state index is 4.70. The second kappa shape index (κ2) is 6.67. The molecule has 1 heterocycles. The Balaban J connectivity index is 2.39. The van der Waals surface area contributed by atoms with Gasteiger partial charge in [0, 0.05) is 28.3 Å². The van der Waals surface area contributed by atoms with Gasteiger partial charge in [0.25, 0.3) is 0 Å². The molecule has 0 amide bonds. The summed E-state index contributed by atoms with van der Waals surface area (Å²) < 4.78 is 1.15. The highest BCUT2D eigenvalue weighted by Crippen LogP contribution is 2.27. The first kappa shape index (κ1) is 16.1. The summed E-state index contributed by atoms with van der Waals surface area (Å²) >= 11 is 3.60. The van der Waals surface area contributed by atoms with E-state index in [1.165, 1.54) is 11.1 Å². The smallest absolute Gasteiger partial charge is 0.159 e. The standard InChI is InChI=1S/C17H22BrN3/c1-10(2)19-9-15-8-13(5)20-17(21-15)14-6-11(3)16(18)12(4)7-14/h6-8,10,19H,9H2,1-5H3. The van der Waals surface area contributed by atoms with E-state index in [1.807, 2.05) is 13.0 Å². The molecular weight excluding hydrogens is 326 g/mol. The maximum Gasteiger partial charge on any atom is 0.159 e. The van der Waals surface area contributed by atoms with Crippen LogP contribution in [0.15, 0.2) is 22.7 Å². The largest absolute Gasteiger partial charge is 0.309 e. The third kappa shape index (κ3) is 4.11. The van der Waals surface area contributed by atoms with E-state index in [0.29, 0.717) is 6.04 Å². The van der Waals surface area contributed by atoms with Crippen LogP contribution in [0.3, 0.4) is 0 Å². The highest BCUT2D eigenvalue weighted by molar-refractivity contribution is 9.10. The Bertz CT molecular complexity index is 627. The highest BCUT2D eigenvalue weighted by Gasteiger charge is 2.09.